The number of ether oxygens (including phenoxy) is 1. The van der Waals surface area contributed by atoms with E-state index in [0.29, 0.717) is 23.6 Å². The molecule has 0 unspecified atom stereocenters. The number of amides is 2. The monoisotopic (exact) mass is 371 g/mol. The maximum atomic E-state index is 12.4. The van der Waals surface area contributed by atoms with Crippen molar-refractivity contribution in [1.82, 2.24) is 4.90 Å². The minimum absolute atomic E-state index is 0.142. The molecule has 0 atom stereocenters. The van der Waals surface area contributed by atoms with Gasteiger partial charge in [0, 0.05) is 23.3 Å². The summed E-state index contributed by atoms with van der Waals surface area (Å²) in [5.74, 6) is 0.0788. The molecule has 3 rings (SSSR count). The van der Waals surface area contributed by atoms with Crippen molar-refractivity contribution in [2.24, 2.45) is 5.92 Å². The van der Waals surface area contributed by atoms with Gasteiger partial charge in [0.15, 0.2) is 0 Å². The van der Waals surface area contributed by atoms with Gasteiger partial charge in [-0.1, -0.05) is 6.07 Å². The SMILES string of the molecule is O=C1c2cccc(I)c2C(=O)N1CC1CCOCC1. The predicted octanol–water partition coefficient (Wildman–Crippen LogP) is 2.31. The van der Waals surface area contributed by atoms with Gasteiger partial charge in [0.1, 0.15) is 0 Å². The average molecular weight is 371 g/mol. The van der Waals surface area contributed by atoms with Crippen LogP contribution in [0, 0.1) is 9.49 Å². The lowest BCUT2D eigenvalue weighted by Gasteiger charge is -2.25. The molecule has 1 aromatic rings. The Kier molecular flexibility index (Phi) is 3.58. The van der Waals surface area contributed by atoms with Gasteiger partial charge in [-0.15, -0.1) is 0 Å². The number of halogens is 1. The number of rotatable bonds is 2. The molecule has 2 amide bonds. The van der Waals surface area contributed by atoms with Crippen LogP contribution >= 0.6 is 22.6 Å². The second-order valence-electron chi connectivity index (χ2n) is 4.94. The number of carbonyl (C=O) groups is 2. The van der Waals surface area contributed by atoms with E-state index >= 15 is 0 Å². The third-order valence-corrected chi connectivity index (χ3v) is 4.63. The lowest BCUT2D eigenvalue weighted by Crippen LogP contribution is -2.36. The molecule has 0 aromatic heterocycles. The molecule has 2 aliphatic rings. The van der Waals surface area contributed by atoms with Gasteiger partial charge >= 0.3 is 0 Å². The van der Waals surface area contributed by atoms with Gasteiger partial charge in [-0.3, -0.25) is 14.5 Å². The quantitative estimate of drug-likeness (QED) is 0.592. The van der Waals surface area contributed by atoms with Gasteiger partial charge in [0.2, 0.25) is 0 Å². The van der Waals surface area contributed by atoms with Gasteiger partial charge in [0.05, 0.1) is 11.1 Å². The van der Waals surface area contributed by atoms with Crippen LogP contribution in [0.5, 0.6) is 0 Å². The van der Waals surface area contributed by atoms with Crippen molar-refractivity contribution in [3.05, 3.63) is 32.9 Å². The standard InChI is InChI=1S/C14H14INO3/c15-11-3-1-2-10-12(11)14(18)16(13(10)17)8-9-4-6-19-7-5-9/h1-3,9H,4-8H2. The molecule has 5 heteroatoms. The summed E-state index contributed by atoms with van der Waals surface area (Å²) in [6, 6.07) is 5.42. The van der Waals surface area contributed by atoms with Gasteiger partial charge in [-0.2, -0.15) is 0 Å². The zero-order chi connectivity index (χ0) is 13.4. The van der Waals surface area contributed by atoms with E-state index in [0.717, 1.165) is 29.6 Å². The summed E-state index contributed by atoms with van der Waals surface area (Å²) in [6.45, 7) is 1.97. The third kappa shape index (κ3) is 2.29. The summed E-state index contributed by atoms with van der Waals surface area (Å²) >= 11 is 2.11. The second kappa shape index (κ2) is 5.20. The Labute approximate surface area is 125 Å². The van der Waals surface area contributed by atoms with E-state index in [2.05, 4.69) is 22.6 Å². The summed E-state index contributed by atoms with van der Waals surface area (Å²) in [7, 11) is 0. The Morgan fingerprint density at radius 1 is 1.21 bits per heavy atom. The number of carbonyl (C=O) groups excluding carboxylic acids is 2. The molecular weight excluding hydrogens is 357 g/mol. The summed E-state index contributed by atoms with van der Waals surface area (Å²) in [5, 5.41) is 0. The first kappa shape index (κ1) is 13.1. The summed E-state index contributed by atoms with van der Waals surface area (Å²) < 4.78 is 6.16. The van der Waals surface area contributed by atoms with Crippen LogP contribution < -0.4 is 0 Å². The molecule has 1 saturated heterocycles. The van der Waals surface area contributed by atoms with Crippen molar-refractivity contribution in [3.63, 3.8) is 0 Å². The predicted molar refractivity (Wildman–Crippen MR) is 78.1 cm³/mol. The first-order valence-corrected chi connectivity index (χ1v) is 7.49. The molecule has 0 spiro atoms. The topological polar surface area (TPSA) is 46.6 Å². The first-order chi connectivity index (χ1) is 9.18. The second-order valence-corrected chi connectivity index (χ2v) is 6.10. The molecule has 0 bridgehead atoms. The van der Waals surface area contributed by atoms with Crippen LogP contribution in [-0.4, -0.2) is 36.5 Å². The maximum Gasteiger partial charge on any atom is 0.262 e. The zero-order valence-electron chi connectivity index (χ0n) is 10.4. The molecule has 0 radical (unpaired) electrons. The van der Waals surface area contributed by atoms with E-state index < -0.39 is 0 Å². The number of hydrogen-bond acceptors (Lipinski definition) is 3. The van der Waals surface area contributed by atoms with E-state index in [1.807, 2.05) is 12.1 Å². The molecule has 100 valence electrons. The maximum absolute atomic E-state index is 12.4. The van der Waals surface area contributed by atoms with Crippen molar-refractivity contribution in [1.29, 1.82) is 0 Å². The van der Waals surface area contributed by atoms with Crippen molar-refractivity contribution < 1.29 is 14.3 Å². The smallest absolute Gasteiger partial charge is 0.262 e. The molecule has 19 heavy (non-hydrogen) atoms. The van der Waals surface area contributed by atoms with Crippen LogP contribution in [0.3, 0.4) is 0 Å². The fourth-order valence-corrected chi connectivity index (χ4v) is 3.37. The summed E-state index contributed by atoms with van der Waals surface area (Å²) in [4.78, 5) is 26.1. The van der Waals surface area contributed by atoms with Crippen LogP contribution in [0.25, 0.3) is 0 Å². The van der Waals surface area contributed by atoms with E-state index in [1.54, 1.807) is 6.07 Å². The average Bonchev–Trinajstić information content (AvgIpc) is 2.66. The van der Waals surface area contributed by atoms with Gasteiger partial charge < -0.3 is 4.74 Å². The van der Waals surface area contributed by atoms with Crippen molar-refractivity contribution in [2.75, 3.05) is 19.8 Å². The van der Waals surface area contributed by atoms with E-state index in [-0.39, 0.29) is 11.8 Å². The number of hydrogen-bond donors (Lipinski definition) is 0. The van der Waals surface area contributed by atoms with Crippen molar-refractivity contribution >= 4 is 34.4 Å². The number of imide groups is 1. The van der Waals surface area contributed by atoms with Gasteiger partial charge in [0.25, 0.3) is 11.8 Å². The molecule has 4 nitrogen and oxygen atoms in total. The summed E-state index contributed by atoms with van der Waals surface area (Å²) in [6.07, 6.45) is 1.84. The lowest BCUT2D eigenvalue weighted by molar-refractivity contribution is 0.0433. The van der Waals surface area contributed by atoms with Gasteiger partial charge in [-0.05, 0) is 53.5 Å². The number of nitrogens with zero attached hydrogens (tertiary/aromatic N) is 1. The summed E-state index contributed by atoms with van der Waals surface area (Å²) in [5.41, 5.74) is 1.11. The Bertz CT molecular complexity index is 537. The molecule has 0 saturated carbocycles. The first-order valence-electron chi connectivity index (χ1n) is 6.41. The Balaban J connectivity index is 1.84. The highest BCUT2D eigenvalue weighted by atomic mass is 127. The molecule has 0 aliphatic carbocycles. The molecule has 2 heterocycles. The van der Waals surface area contributed by atoms with Crippen LogP contribution in [-0.2, 0) is 4.74 Å². The highest BCUT2D eigenvalue weighted by Gasteiger charge is 2.38. The van der Waals surface area contributed by atoms with E-state index in [4.69, 9.17) is 4.74 Å². The van der Waals surface area contributed by atoms with Crippen LogP contribution in [0.2, 0.25) is 0 Å². The molecule has 2 aliphatic heterocycles. The van der Waals surface area contributed by atoms with Crippen molar-refractivity contribution in [2.45, 2.75) is 12.8 Å². The highest BCUT2D eigenvalue weighted by Crippen LogP contribution is 2.29. The molecular formula is C14H14INO3. The molecule has 1 aromatic carbocycles. The number of benzene rings is 1. The lowest BCUT2D eigenvalue weighted by atomic mass is 10.00. The zero-order valence-corrected chi connectivity index (χ0v) is 12.6. The fourth-order valence-electron chi connectivity index (χ4n) is 2.65. The minimum atomic E-state index is -0.148. The van der Waals surface area contributed by atoms with Crippen LogP contribution in [0.1, 0.15) is 33.6 Å². The largest absolute Gasteiger partial charge is 0.381 e. The van der Waals surface area contributed by atoms with Gasteiger partial charge in [-0.25, -0.2) is 0 Å². The normalized spacial score (nSPS) is 19.9. The fraction of sp³-hybridized carbons (Fsp3) is 0.429. The Hall–Kier alpha value is -0.950. The van der Waals surface area contributed by atoms with E-state index in [1.165, 1.54) is 4.90 Å². The number of fused-ring (bicyclic) bond motifs is 1. The van der Waals surface area contributed by atoms with Crippen molar-refractivity contribution in [3.8, 4) is 0 Å². The molecule has 0 N–H and O–H groups in total. The highest BCUT2D eigenvalue weighted by molar-refractivity contribution is 14.1. The Morgan fingerprint density at radius 3 is 2.63 bits per heavy atom. The minimum Gasteiger partial charge on any atom is -0.381 e. The van der Waals surface area contributed by atoms with E-state index in [9.17, 15) is 9.59 Å². The van der Waals surface area contributed by atoms with Crippen LogP contribution in [0.15, 0.2) is 18.2 Å². The van der Waals surface area contributed by atoms with Crippen LogP contribution in [0.4, 0.5) is 0 Å². The third-order valence-electron chi connectivity index (χ3n) is 3.73. The molecule has 1 fully saturated rings. The Morgan fingerprint density at radius 2 is 1.95 bits per heavy atom.